The Kier molecular flexibility index (Phi) is 21.4. The summed E-state index contributed by atoms with van der Waals surface area (Å²) in [6.07, 6.45) is 18.3. The first-order valence-corrected chi connectivity index (χ1v) is 38.5. The lowest BCUT2D eigenvalue weighted by Gasteiger charge is -2.20. The SMILES string of the molecule is C[C@H](NC(=O)c1c(N)nc2cccnn12)c1nc2cccc(C#Cc3cncs3)c2c(=O)n1-c1ccccc1.Cc1ncn2ccnc2c1C(=O)N[C@@H](C)c1nc2cccc(C#Cc3cnn(C)c3)c2c(=O)n1-c1ccccc1.Cc1ncn2ccnc2c1C(=O)N[C@@H](C)c1nc2cccc(C#Cc3cnn(C)c3C)c2c(=O)n1-c1ccccc1. The van der Waals surface area contributed by atoms with E-state index in [2.05, 4.69) is 96.7 Å². The molecular formula is C89H70N24O6S. The number of nitrogens with one attached hydrogen (secondary N) is 3. The topological polar surface area (TPSA) is 357 Å². The van der Waals surface area contributed by atoms with Crippen LogP contribution in [0.3, 0.4) is 0 Å². The van der Waals surface area contributed by atoms with E-state index in [0.717, 1.165) is 21.7 Å². The van der Waals surface area contributed by atoms with Crippen LogP contribution in [0.4, 0.5) is 5.82 Å². The summed E-state index contributed by atoms with van der Waals surface area (Å²) >= 11 is 1.42. The first kappa shape index (κ1) is 77.5. The Morgan fingerprint density at radius 2 is 0.908 bits per heavy atom. The number of nitrogens with two attached hydrogens (primary N) is 1. The van der Waals surface area contributed by atoms with Gasteiger partial charge in [-0.15, -0.1) is 11.3 Å². The van der Waals surface area contributed by atoms with Crippen LogP contribution in [0, 0.1) is 56.3 Å². The summed E-state index contributed by atoms with van der Waals surface area (Å²) in [5, 5.41) is 22.7. The van der Waals surface area contributed by atoms with Gasteiger partial charge in [-0.3, -0.25) is 65.6 Å². The number of para-hydroxylation sites is 3. The molecule has 588 valence electrons. The second-order valence-electron chi connectivity index (χ2n) is 27.7. The van der Waals surface area contributed by atoms with Gasteiger partial charge in [-0.1, -0.05) is 102 Å². The normalized spacial score (nSPS) is 11.8. The first-order chi connectivity index (χ1) is 58.2. The lowest BCUT2D eigenvalue weighted by atomic mass is 10.1. The fourth-order valence-corrected chi connectivity index (χ4v) is 14.3. The summed E-state index contributed by atoms with van der Waals surface area (Å²) in [5.74, 6) is 18.6. The number of carbonyl (C=O) groups excluding carboxylic acids is 3. The van der Waals surface area contributed by atoms with E-state index in [1.807, 2.05) is 136 Å². The van der Waals surface area contributed by atoms with Crippen molar-refractivity contribution in [2.45, 2.75) is 59.7 Å². The molecule has 3 amide bonds. The Morgan fingerprint density at radius 1 is 0.458 bits per heavy atom. The summed E-state index contributed by atoms with van der Waals surface area (Å²) in [4.78, 5) is 124. The quantitative estimate of drug-likeness (QED) is 0.0826. The van der Waals surface area contributed by atoms with Crippen LogP contribution < -0.4 is 38.4 Å². The largest absolute Gasteiger partial charge is 0.382 e. The summed E-state index contributed by atoms with van der Waals surface area (Å²) in [6.45, 7) is 10.8. The number of nitrogens with zero attached hydrogens (tertiary/aromatic N) is 20. The lowest BCUT2D eigenvalue weighted by Crippen LogP contribution is -2.34. The van der Waals surface area contributed by atoms with E-state index in [4.69, 9.17) is 20.7 Å². The number of fused-ring (bicyclic) bond motifs is 6. The molecule has 6 aromatic carbocycles. The van der Waals surface area contributed by atoms with E-state index in [0.29, 0.717) is 123 Å². The van der Waals surface area contributed by atoms with Crippen molar-refractivity contribution >= 4 is 84.5 Å². The molecule has 0 aliphatic rings. The zero-order chi connectivity index (χ0) is 83.4. The fourth-order valence-electron chi connectivity index (χ4n) is 13.8. The number of aryl methyl sites for hydroxylation is 4. The highest BCUT2D eigenvalue weighted by atomic mass is 32.1. The van der Waals surface area contributed by atoms with E-state index in [1.54, 1.807) is 169 Å². The average molecular weight is 1600 g/mol. The number of carbonyl (C=O) groups is 3. The highest BCUT2D eigenvalue weighted by molar-refractivity contribution is 7.10. The molecule has 31 heteroatoms. The number of nitrogen functional groups attached to an aromatic ring is 1. The number of thiazole rings is 1. The minimum absolute atomic E-state index is 0.0504. The van der Waals surface area contributed by atoms with Crippen molar-refractivity contribution in [3.05, 3.63) is 347 Å². The van der Waals surface area contributed by atoms with Crippen LogP contribution in [0.2, 0.25) is 0 Å². The van der Waals surface area contributed by atoms with Gasteiger partial charge < -0.3 is 21.7 Å². The molecule has 5 N–H and O–H groups in total. The van der Waals surface area contributed by atoms with Gasteiger partial charge in [0.05, 0.1) is 125 Å². The highest BCUT2D eigenvalue weighted by Crippen LogP contribution is 2.27. The number of hydrogen-bond acceptors (Lipinski definition) is 20. The number of benzene rings is 6. The number of hydrogen-bond donors (Lipinski definition) is 4. The van der Waals surface area contributed by atoms with Crippen LogP contribution in [0.1, 0.15) is 137 Å². The van der Waals surface area contributed by atoms with Crippen molar-refractivity contribution in [2.75, 3.05) is 5.73 Å². The molecule has 0 aliphatic carbocycles. The highest BCUT2D eigenvalue weighted by Gasteiger charge is 2.29. The third-order valence-electron chi connectivity index (χ3n) is 19.7. The zero-order valence-electron chi connectivity index (χ0n) is 65.6. The summed E-state index contributed by atoms with van der Waals surface area (Å²) in [5.41, 5.74) is 17.7. The third kappa shape index (κ3) is 15.4. The number of aromatic nitrogens is 20. The Balaban J connectivity index is 0.000000134. The summed E-state index contributed by atoms with van der Waals surface area (Å²) in [6, 6.07) is 45.2. The van der Waals surface area contributed by atoms with Crippen molar-refractivity contribution in [3.63, 3.8) is 0 Å². The molecule has 0 saturated heterocycles. The maximum Gasteiger partial charge on any atom is 0.274 e. The van der Waals surface area contributed by atoms with E-state index in [9.17, 15) is 28.8 Å². The zero-order valence-corrected chi connectivity index (χ0v) is 66.4. The molecule has 0 unspecified atom stereocenters. The Labute approximate surface area is 686 Å². The Hall–Kier alpha value is -16.5. The molecule has 0 aliphatic heterocycles. The second-order valence-corrected chi connectivity index (χ2v) is 28.6. The van der Waals surface area contributed by atoms with E-state index >= 15 is 0 Å². The number of anilines is 1. The molecule has 120 heavy (non-hydrogen) atoms. The average Bonchev–Trinajstić information content (AvgIpc) is 1.47. The Bertz CT molecular complexity index is 7470. The summed E-state index contributed by atoms with van der Waals surface area (Å²) < 4.78 is 12.8. The monoisotopic (exact) mass is 1600 g/mol. The van der Waals surface area contributed by atoms with E-state index in [1.165, 1.54) is 29.6 Å². The molecule has 12 aromatic heterocycles. The lowest BCUT2D eigenvalue weighted by molar-refractivity contribution is 0.0925. The minimum Gasteiger partial charge on any atom is -0.382 e. The van der Waals surface area contributed by atoms with Crippen molar-refractivity contribution in [2.24, 2.45) is 14.1 Å². The molecule has 30 nitrogen and oxygen atoms in total. The molecule has 0 radical (unpaired) electrons. The van der Waals surface area contributed by atoms with Gasteiger partial charge in [0.25, 0.3) is 34.4 Å². The van der Waals surface area contributed by atoms with Crippen LogP contribution in [-0.4, -0.2) is 114 Å². The van der Waals surface area contributed by atoms with Crippen molar-refractivity contribution in [1.29, 1.82) is 0 Å². The van der Waals surface area contributed by atoms with E-state index < -0.39 is 24.0 Å². The van der Waals surface area contributed by atoms with Gasteiger partial charge in [0.2, 0.25) is 0 Å². The van der Waals surface area contributed by atoms with Crippen LogP contribution >= 0.6 is 11.3 Å². The van der Waals surface area contributed by atoms with Gasteiger partial charge in [-0.2, -0.15) is 15.3 Å². The van der Waals surface area contributed by atoms with Crippen LogP contribution in [0.5, 0.6) is 0 Å². The molecule has 3 atom stereocenters. The van der Waals surface area contributed by atoms with Gasteiger partial charge >= 0.3 is 0 Å². The van der Waals surface area contributed by atoms with Gasteiger partial charge in [-0.25, -0.2) is 44.4 Å². The molecule has 0 spiro atoms. The fraction of sp³-hybridized carbons (Fsp3) is 0.124. The van der Waals surface area contributed by atoms with Gasteiger partial charge in [0.1, 0.15) is 41.3 Å². The molecule has 12 heterocycles. The van der Waals surface area contributed by atoms with Crippen molar-refractivity contribution < 1.29 is 14.4 Å². The Morgan fingerprint density at radius 3 is 1.34 bits per heavy atom. The molecule has 18 rings (SSSR count). The standard InChI is InChI=1S/C31H26N8O2.C30H24N8O2.C28H20N8O2S/c1-19-26(29-32-15-16-38(29)18-33-19)30(40)35-20(2)28-36-25-12-8-9-22(13-14-23-17-34-37(4)21(23)3)27(25)31(41)39(28)24-10-6-5-7-11-24;1-19-25(28-31-14-15-37(28)18-32-19)29(39)34-20(2)27-35-24-11-7-8-22(13-12-21-16-33-36(3)17-21)26(24)30(40)38(27)23-9-5-4-6-10-23;1-17(32-27(37)24-25(29)34-22-11-6-14-31-36(22)24)26-33-21-10-5-7-18(12-13-20-15-30-16-39-20)23(21)28(38)35(26)19-8-3-2-4-9-19/h5-12,15-18,20H,1-4H3,(H,35,40);4-11,14-18,20H,1-3H3,(H,34,39);2-11,14-17H,29H2,1H3,(H,32,37)/t2*20-;17-/m000/s1. The van der Waals surface area contributed by atoms with Crippen LogP contribution in [0.25, 0.3) is 66.7 Å². The number of imidazole rings is 3. The van der Waals surface area contributed by atoms with Crippen LogP contribution in [0.15, 0.2) is 246 Å². The molecular weight excluding hydrogens is 1530 g/mol. The van der Waals surface area contributed by atoms with E-state index in [-0.39, 0.29) is 40.0 Å². The smallest absolute Gasteiger partial charge is 0.274 e. The number of rotatable bonds is 12. The van der Waals surface area contributed by atoms with Gasteiger partial charge in [0, 0.05) is 68.0 Å². The van der Waals surface area contributed by atoms with Crippen LogP contribution in [-0.2, 0) is 14.1 Å². The summed E-state index contributed by atoms with van der Waals surface area (Å²) in [7, 11) is 3.68. The maximum atomic E-state index is 14.2. The predicted molar refractivity (Wildman–Crippen MR) is 454 cm³/mol. The van der Waals surface area contributed by atoms with Gasteiger partial charge in [-0.05, 0) is 132 Å². The molecule has 0 saturated carbocycles. The minimum atomic E-state index is -0.685. The predicted octanol–water partition coefficient (Wildman–Crippen LogP) is 10.4. The third-order valence-corrected chi connectivity index (χ3v) is 20.4. The van der Waals surface area contributed by atoms with Gasteiger partial charge in [0.15, 0.2) is 28.5 Å². The molecule has 0 fully saturated rings. The molecule has 0 bridgehead atoms. The number of amides is 3. The first-order valence-electron chi connectivity index (χ1n) is 37.6. The maximum absolute atomic E-state index is 14.2. The second kappa shape index (κ2) is 33.2. The van der Waals surface area contributed by atoms with Crippen molar-refractivity contribution in [3.8, 4) is 52.6 Å². The molecule has 18 aromatic rings. The van der Waals surface area contributed by atoms with Crippen molar-refractivity contribution in [1.82, 2.24) is 112 Å².